The Morgan fingerprint density at radius 1 is 1.42 bits per heavy atom. The van der Waals surface area contributed by atoms with Crippen molar-refractivity contribution >= 4 is 28.2 Å². The van der Waals surface area contributed by atoms with Crippen LogP contribution in [0.3, 0.4) is 0 Å². The van der Waals surface area contributed by atoms with Gasteiger partial charge in [-0.1, -0.05) is 11.6 Å². The van der Waals surface area contributed by atoms with E-state index in [1.165, 1.54) is 0 Å². The molecular weight excluding hydrogens is 350 g/mol. The molecule has 1 aromatic carbocycles. The Bertz CT molecular complexity index is 858. The molecule has 1 aromatic heterocycles. The zero-order valence-corrected chi connectivity index (χ0v) is 15.6. The Kier molecular flexibility index (Phi) is 4.74. The van der Waals surface area contributed by atoms with Crippen LogP contribution in [0, 0.1) is 16.7 Å². The second kappa shape index (κ2) is 7.03. The van der Waals surface area contributed by atoms with Gasteiger partial charge in [-0.2, -0.15) is 5.26 Å². The summed E-state index contributed by atoms with van der Waals surface area (Å²) in [5.74, 6) is 0. The number of nitriles is 1. The maximum absolute atomic E-state index is 9.58. The normalized spacial score (nSPS) is 24.2. The number of fused-ring (bicyclic) bond motifs is 1. The average molecular weight is 372 g/mol. The SMILES string of the molecule is CCOC1CC(Nc2c(C#N)cnc3ccc(Cl)cc23)C12CCOCC2. The van der Waals surface area contributed by atoms with Gasteiger partial charge in [0, 0.05) is 47.9 Å². The van der Waals surface area contributed by atoms with Gasteiger partial charge >= 0.3 is 0 Å². The van der Waals surface area contributed by atoms with Crippen molar-refractivity contribution in [1.82, 2.24) is 4.98 Å². The second-order valence-electron chi connectivity index (χ2n) is 7.04. The minimum atomic E-state index is 0.0646. The van der Waals surface area contributed by atoms with Crippen molar-refractivity contribution in [2.75, 3.05) is 25.1 Å². The van der Waals surface area contributed by atoms with Gasteiger partial charge in [0.2, 0.25) is 0 Å². The molecule has 2 unspecified atom stereocenters. The van der Waals surface area contributed by atoms with Crippen LogP contribution in [0.2, 0.25) is 5.02 Å². The molecule has 5 nitrogen and oxygen atoms in total. The molecule has 1 aliphatic heterocycles. The minimum absolute atomic E-state index is 0.0646. The van der Waals surface area contributed by atoms with Crippen molar-refractivity contribution in [2.45, 2.75) is 38.3 Å². The summed E-state index contributed by atoms with van der Waals surface area (Å²) >= 11 is 6.20. The first kappa shape index (κ1) is 17.5. The van der Waals surface area contributed by atoms with Crippen LogP contribution in [0.1, 0.15) is 31.7 Å². The van der Waals surface area contributed by atoms with Crippen LogP contribution >= 0.6 is 11.6 Å². The minimum Gasteiger partial charge on any atom is -0.381 e. The number of pyridine rings is 1. The van der Waals surface area contributed by atoms with E-state index in [1.807, 2.05) is 25.1 Å². The van der Waals surface area contributed by atoms with Crippen LogP contribution in [0.25, 0.3) is 10.9 Å². The van der Waals surface area contributed by atoms with Crippen molar-refractivity contribution in [3.63, 3.8) is 0 Å². The molecule has 2 aliphatic rings. The largest absolute Gasteiger partial charge is 0.381 e. The summed E-state index contributed by atoms with van der Waals surface area (Å²) in [6, 6.07) is 8.10. The molecule has 26 heavy (non-hydrogen) atoms. The van der Waals surface area contributed by atoms with E-state index in [0.717, 1.165) is 55.7 Å². The second-order valence-corrected chi connectivity index (χ2v) is 7.48. The van der Waals surface area contributed by atoms with E-state index in [9.17, 15) is 5.26 Å². The summed E-state index contributed by atoms with van der Waals surface area (Å²) in [7, 11) is 0. The Balaban J connectivity index is 1.70. The van der Waals surface area contributed by atoms with Gasteiger partial charge in [-0.25, -0.2) is 0 Å². The fourth-order valence-corrected chi connectivity index (χ4v) is 4.56. The summed E-state index contributed by atoms with van der Waals surface area (Å²) in [5.41, 5.74) is 2.26. The third-order valence-corrected chi connectivity index (χ3v) is 6.08. The zero-order chi connectivity index (χ0) is 18.1. The molecule has 2 fully saturated rings. The number of aromatic nitrogens is 1. The highest BCUT2D eigenvalue weighted by Gasteiger charge is 2.56. The summed E-state index contributed by atoms with van der Waals surface area (Å²) in [6.07, 6.45) is 4.76. The number of benzene rings is 1. The molecule has 0 radical (unpaired) electrons. The molecule has 1 aliphatic carbocycles. The highest BCUT2D eigenvalue weighted by atomic mass is 35.5. The monoisotopic (exact) mass is 371 g/mol. The quantitative estimate of drug-likeness (QED) is 0.874. The lowest BCUT2D eigenvalue weighted by Crippen LogP contribution is -2.63. The van der Waals surface area contributed by atoms with Gasteiger partial charge in [-0.3, -0.25) is 4.98 Å². The summed E-state index contributed by atoms with van der Waals surface area (Å²) in [4.78, 5) is 4.39. The molecule has 1 spiro atoms. The number of hydrogen-bond donors (Lipinski definition) is 1. The first-order valence-electron chi connectivity index (χ1n) is 9.12. The summed E-state index contributed by atoms with van der Waals surface area (Å²) in [5, 5.41) is 14.8. The number of halogens is 1. The van der Waals surface area contributed by atoms with Crippen molar-refractivity contribution in [1.29, 1.82) is 5.26 Å². The van der Waals surface area contributed by atoms with E-state index in [1.54, 1.807) is 6.20 Å². The van der Waals surface area contributed by atoms with E-state index < -0.39 is 0 Å². The predicted molar refractivity (Wildman–Crippen MR) is 101 cm³/mol. The number of rotatable bonds is 4. The predicted octanol–water partition coefficient (Wildman–Crippen LogP) is 4.15. The molecule has 1 N–H and O–H groups in total. The fraction of sp³-hybridized carbons (Fsp3) is 0.500. The Labute approximate surface area is 158 Å². The van der Waals surface area contributed by atoms with Gasteiger partial charge in [0.25, 0.3) is 0 Å². The average Bonchev–Trinajstić information content (AvgIpc) is 2.67. The molecule has 2 heterocycles. The lowest BCUT2D eigenvalue weighted by atomic mass is 9.57. The smallest absolute Gasteiger partial charge is 0.103 e. The van der Waals surface area contributed by atoms with Gasteiger partial charge in [0.05, 0.1) is 22.9 Å². The van der Waals surface area contributed by atoms with E-state index in [4.69, 9.17) is 21.1 Å². The number of nitrogens with zero attached hydrogens (tertiary/aromatic N) is 2. The van der Waals surface area contributed by atoms with Crippen molar-refractivity contribution in [3.8, 4) is 6.07 Å². The Morgan fingerprint density at radius 2 is 2.23 bits per heavy atom. The van der Waals surface area contributed by atoms with Crippen LogP contribution in [-0.4, -0.2) is 37.0 Å². The Hall–Kier alpha value is -1.87. The van der Waals surface area contributed by atoms with Gasteiger partial charge in [-0.05, 0) is 44.4 Å². The molecule has 4 rings (SSSR count). The van der Waals surface area contributed by atoms with E-state index in [-0.39, 0.29) is 17.6 Å². The highest BCUT2D eigenvalue weighted by Crippen LogP contribution is 2.52. The van der Waals surface area contributed by atoms with Gasteiger partial charge < -0.3 is 14.8 Å². The molecule has 2 aromatic rings. The molecule has 2 atom stereocenters. The third kappa shape index (κ3) is 2.83. The molecule has 6 heteroatoms. The number of anilines is 1. The Morgan fingerprint density at radius 3 is 2.96 bits per heavy atom. The van der Waals surface area contributed by atoms with E-state index >= 15 is 0 Å². The highest BCUT2D eigenvalue weighted by molar-refractivity contribution is 6.31. The summed E-state index contributed by atoms with van der Waals surface area (Å²) in [6.45, 7) is 4.28. The lowest BCUT2D eigenvalue weighted by Gasteiger charge is -2.57. The zero-order valence-electron chi connectivity index (χ0n) is 14.8. The van der Waals surface area contributed by atoms with Crippen LogP contribution in [-0.2, 0) is 9.47 Å². The van der Waals surface area contributed by atoms with Gasteiger partial charge in [0.1, 0.15) is 6.07 Å². The number of ether oxygens (including phenoxy) is 2. The van der Waals surface area contributed by atoms with E-state index in [0.29, 0.717) is 10.6 Å². The first-order chi connectivity index (χ1) is 12.7. The van der Waals surface area contributed by atoms with Crippen LogP contribution in [0.15, 0.2) is 24.4 Å². The topological polar surface area (TPSA) is 67.2 Å². The van der Waals surface area contributed by atoms with Crippen LogP contribution < -0.4 is 5.32 Å². The van der Waals surface area contributed by atoms with Crippen LogP contribution in [0.5, 0.6) is 0 Å². The van der Waals surface area contributed by atoms with Crippen molar-refractivity contribution in [2.24, 2.45) is 5.41 Å². The lowest BCUT2D eigenvalue weighted by molar-refractivity contribution is -0.159. The maximum atomic E-state index is 9.58. The first-order valence-corrected chi connectivity index (χ1v) is 9.50. The van der Waals surface area contributed by atoms with Crippen LogP contribution in [0.4, 0.5) is 5.69 Å². The van der Waals surface area contributed by atoms with Crippen molar-refractivity contribution in [3.05, 3.63) is 35.0 Å². The molecule has 1 saturated heterocycles. The summed E-state index contributed by atoms with van der Waals surface area (Å²) < 4.78 is 11.6. The van der Waals surface area contributed by atoms with Crippen molar-refractivity contribution < 1.29 is 9.47 Å². The maximum Gasteiger partial charge on any atom is 0.103 e. The third-order valence-electron chi connectivity index (χ3n) is 5.85. The standard InChI is InChI=1S/C20H22ClN3O2/c1-2-26-18-10-17(20(18)5-7-25-8-6-20)24-19-13(11-22)12-23-16-4-3-14(21)9-15(16)19/h3-4,9,12,17-18H,2,5-8,10H2,1H3,(H,23,24). The fourth-order valence-electron chi connectivity index (χ4n) is 4.39. The molecule has 1 saturated carbocycles. The molecule has 0 bridgehead atoms. The van der Waals surface area contributed by atoms with Gasteiger partial charge in [-0.15, -0.1) is 0 Å². The number of nitrogens with one attached hydrogen (secondary N) is 1. The van der Waals surface area contributed by atoms with E-state index in [2.05, 4.69) is 16.4 Å². The van der Waals surface area contributed by atoms with Gasteiger partial charge in [0.15, 0.2) is 0 Å². The molecular formula is C20H22ClN3O2. The number of hydrogen-bond acceptors (Lipinski definition) is 5. The molecule has 136 valence electrons. The molecule has 0 amide bonds.